The summed E-state index contributed by atoms with van der Waals surface area (Å²) in [6.07, 6.45) is 3.54. The van der Waals surface area contributed by atoms with Crippen molar-refractivity contribution in [2.45, 2.75) is 44.6 Å². The molecule has 2 aliphatic rings. The molecule has 1 aromatic carbocycles. The minimum atomic E-state index is -0.759. The number of hydrogen-bond acceptors (Lipinski definition) is 8. The minimum absolute atomic E-state index is 0.147. The molecule has 0 amide bonds. The van der Waals surface area contributed by atoms with Gasteiger partial charge in [-0.3, -0.25) is 0 Å². The van der Waals surface area contributed by atoms with Gasteiger partial charge < -0.3 is 20.5 Å². The van der Waals surface area contributed by atoms with E-state index in [1.54, 1.807) is 19.1 Å². The van der Waals surface area contributed by atoms with E-state index < -0.39 is 17.9 Å². The fourth-order valence-corrected chi connectivity index (χ4v) is 5.44. The van der Waals surface area contributed by atoms with Gasteiger partial charge in [0, 0.05) is 5.70 Å². The molecule has 7 nitrogen and oxygen atoms in total. The number of rotatable bonds is 4. The van der Waals surface area contributed by atoms with Crippen LogP contribution in [0.5, 0.6) is 0 Å². The second kappa shape index (κ2) is 8.44. The topological polar surface area (TPSA) is 114 Å². The molecular formula is C23H23N3O4S. The molecule has 1 atom stereocenters. The Labute approximate surface area is 184 Å². The molecule has 3 N–H and O–H groups in total. The van der Waals surface area contributed by atoms with Crippen molar-refractivity contribution in [2.75, 3.05) is 7.11 Å². The van der Waals surface area contributed by atoms with E-state index in [0.29, 0.717) is 16.8 Å². The summed E-state index contributed by atoms with van der Waals surface area (Å²) >= 11 is 1.40. The van der Waals surface area contributed by atoms with E-state index in [1.165, 1.54) is 18.4 Å². The third kappa shape index (κ3) is 3.66. The first-order chi connectivity index (χ1) is 15.0. The lowest BCUT2D eigenvalue weighted by molar-refractivity contribution is -0.144. The monoisotopic (exact) mass is 437 g/mol. The maximum absolute atomic E-state index is 13.3. The number of dihydropyridines is 1. The predicted octanol–water partition coefficient (Wildman–Crippen LogP) is 3.56. The lowest BCUT2D eigenvalue weighted by Gasteiger charge is -2.30. The highest BCUT2D eigenvalue weighted by Gasteiger charge is 2.40. The molecule has 31 heavy (non-hydrogen) atoms. The summed E-state index contributed by atoms with van der Waals surface area (Å²) in [7, 11) is 1.30. The van der Waals surface area contributed by atoms with Gasteiger partial charge in [-0.25, -0.2) is 9.59 Å². The highest BCUT2D eigenvalue weighted by molar-refractivity contribution is 7.17. The summed E-state index contributed by atoms with van der Waals surface area (Å²) < 4.78 is 11.6. The van der Waals surface area contributed by atoms with Gasteiger partial charge in [-0.1, -0.05) is 12.1 Å². The van der Waals surface area contributed by atoms with E-state index in [0.717, 1.165) is 41.3 Å². The van der Waals surface area contributed by atoms with Crippen molar-refractivity contribution in [1.29, 1.82) is 5.26 Å². The van der Waals surface area contributed by atoms with Crippen LogP contribution in [0.15, 0.2) is 46.2 Å². The summed E-state index contributed by atoms with van der Waals surface area (Å²) in [6, 6.07) is 7.61. The number of hydrogen-bond donors (Lipinski definition) is 2. The molecule has 0 saturated heterocycles. The average molecular weight is 438 g/mol. The lowest BCUT2D eigenvalue weighted by atomic mass is 9.81. The summed E-state index contributed by atoms with van der Waals surface area (Å²) in [6.45, 7) is 1.72. The molecule has 1 aromatic heterocycles. The maximum atomic E-state index is 13.3. The van der Waals surface area contributed by atoms with Crippen molar-refractivity contribution in [3.63, 3.8) is 0 Å². The van der Waals surface area contributed by atoms with Crippen molar-refractivity contribution in [3.8, 4) is 6.07 Å². The van der Waals surface area contributed by atoms with Gasteiger partial charge in [0.15, 0.2) is 0 Å². The molecule has 1 saturated carbocycles. The first-order valence-electron chi connectivity index (χ1n) is 10.1. The van der Waals surface area contributed by atoms with Gasteiger partial charge in [0.05, 0.1) is 34.4 Å². The number of nitrogens with zero attached hydrogens (tertiary/aromatic N) is 1. The number of thiophene rings is 1. The van der Waals surface area contributed by atoms with Gasteiger partial charge in [-0.15, -0.1) is 11.3 Å². The quantitative estimate of drug-likeness (QED) is 0.703. The zero-order valence-electron chi connectivity index (χ0n) is 17.4. The smallest absolute Gasteiger partial charge is 0.338 e. The predicted molar refractivity (Wildman–Crippen MR) is 117 cm³/mol. The largest absolute Gasteiger partial charge is 0.466 e. The molecule has 0 radical (unpaired) electrons. The summed E-state index contributed by atoms with van der Waals surface area (Å²) in [5.41, 5.74) is 8.55. The Morgan fingerprint density at radius 3 is 2.65 bits per heavy atom. The maximum Gasteiger partial charge on any atom is 0.338 e. The van der Waals surface area contributed by atoms with Crippen LogP contribution in [0.25, 0.3) is 10.1 Å². The third-order valence-electron chi connectivity index (χ3n) is 5.86. The SMILES string of the molecule is COC(=O)C1=C(C)NC(N)=C(C(=O)OC2CCCC2)C1c1csc2c(C#N)cccc12. The highest BCUT2D eigenvalue weighted by atomic mass is 32.1. The second-order valence-corrected chi connectivity index (χ2v) is 8.59. The number of nitriles is 1. The number of carbonyl (C=O) groups is 2. The Bertz CT molecular complexity index is 1170. The minimum Gasteiger partial charge on any atom is -0.466 e. The van der Waals surface area contributed by atoms with Crippen molar-refractivity contribution in [3.05, 3.63) is 57.4 Å². The lowest BCUT2D eigenvalue weighted by Crippen LogP contribution is -2.36. The fourth-order valence-electron chi connectivity index (χ4n) is 4.38. The molecule has 1 unspecified atom stereocenters. The van der Waals surface area contributed by atoms with Crippen LogP contribution in [0.3, 0.4) is 0 Å². The van der Waals surface area contributed by atoms with Gasteiger partial charge >= 0.3 is 11.9 Å². The Morgan fingerprint density at radius 1 is 1.23 bits per heavy atom. The Morgan fingerprint density at radius 2 is 1.97 bits per heavy atom. The molecular weight excluding hydrogens is 414 g/mol. The van der Waals surface area contributed by atoms with Gasteiger partial charge in [0.1, 0.15) is 18.0 Å². The normalized spacial score (nSPS) is 19.3. The zero-order valence-corrected chi connectivity index (χ0v) is 18.2. The first kappa shape index (κ1) is 20.9. The van der Waals surface area contributed by atoms with Crippen LogP contribution in [-0.4, -0.2) is 25.2 Å². The molecule has 1 aliphatic carbocycles. The highest BCUT2D eigenvalue weighted by Crippen LogP contribution is 2.44. The number of esters is 2. The van der Waals surface area contributed by atoms with Crippen LogP contribution in [-0.2, 0) is 19.1 Å². The standard InChI is InChI=1S/C23H23N3O4S/c1-12-17(22(27)29-2)18(16-11-31-20-13(10-24)6-5-9-15(16)20)19(21(25)26-12)23(28)30-14-7-3-4-8-14/h5-6,9,11,14,18,26H,3-4,7-8,25H2,1-2H3. The number of allylic oxidation sites excluding steroid dienone is 1. The number of fused-ring (bicyclic) bond motifs is 1. The van der Waals surface area contributed by atoms with Gasteiger partial charge in [0.25, 0.3) is 0 Å². The molecule has 0 spiro atoms. The molecule has 0 bridgehead atoms. The van der Waals surface area contributed by atoms with Gasteiger partial charge in [-0.2, -0.15) is 5.26 Å². The van der Waals surface area contributed by atoms with Crippen LogP contribution >= 0.6 is 11.3 Å². The van der Waals surface area contributed by atoms with E-state index >= 15 is 0 Å². The fraction of sp³-hybridized carbons (Fsp3) is 0.348. The molecule has 4 rings (SSSR count). The van der Waals surface area contributed by atoms with E-state index in [2.05, 4.69) is 11.4 Å². The Kier molecular flexibility index (Phi) is 5.70. The van der Waals surface area contributed by atoms with Crippen LogP contribution in [0.1, 0.15) is 49.7 Å². The van der Waals surface area contributed by atoms with Crippen molar-refractivity contribution in [2.24, 2.45) is 5.73 Å². The van der Waals surface area contributed by atoms with E-state index in [1.807, 2.05) is 11.4 Å². The van der Waals surface area contributed by atoms with E-state index in [9.17, 15) is 14.9 Å². The third-order valence-corrected chi connectivity index (χ3v) is 6.90. The number of ether oxygens (including phenoxy) is 2. The van der Waals surface area contributed by atoms with Crippen molar-refractivity contribution < 1.29 is 19.1 Å². The van der Waals surface area contributed by atoms with E-state index in [4.69, 9.17) is 15.2 Å². The van der Waals surface area contributed by atoms with Gasteiger partial charge in [0.2, 0.25) is 0 Å². The number of carbonyl (C=O) groups excluding carboxylic acids is 2. The molecule has 160 valence electrons. The first-order valence-corrected chi connectivity index (χ1v) is 11.0. The van der Waals surface area contributed by atoms with E-state index in [-0.39, 0.29) is 17.5 Å². The number of nitrogens with two attached hydrogens (primary N) is 1. The Balaban J connectivity index is 1.88. The Hall–Kier alpha value is -3.31. The van der Waals surface area contributed by atoms with Crippen LogP contribution in [0.2, 0.25) is 0 Å². The number of nitrogens with one attached hydrogen (secondary N) is 1. The van der Waals surface area contributed by atoms with Crippen LogP contribution in [0.4, 0.5) is 0 Å². The average Bonchev–Trinajstić information content (AvgIpc) is 3.42. The summed E-state index contributed by atoms with van der Waals surface area (Å²) in [4.78, 5) is 26.0. The van der Waals surface area contributed by atoms with Crippen molar-refractivity contribution >= 4 is 33.4 Å². The molecule has 1 aliphatic heterocycles. The number of benzene rings is 1. The summed E-state index contributed by atoms with van der Waals surface area (Å²) in [5.74, 6) is -1.68. The molecule has 2 aromatic rings. The van der Waals surface area contributed by atoms with Gasteiger partial charge in [-0.05, 0) is 55.0 Å². The summed E-state index contributed by atoms with van der Waals surface area (Å²) in [5, 5.41) is 15.1. The molecule has 2 heterocycles. The number of methoxy groups -OCH3 is 1. The van der Waals surface area contributed by atoms with Crippen LogP contribution < -0.4 is 11.1 Å². The zero-order chi connectivity index (χ0) is 22.1. The second-order valence-electron chi connectivity index (χ2n) is 7.71. The molecule has 8 heteroatoms. The van der Waals surface area contributed by atoms with Crippen LogP contribution in [0, 0.1) is 11.3 Å². The molecule has 1 fully saturated rings. The van der Waals surface area contributed by atoms with Crippen molar-refractivity contribution in [1.82, 2.24) is 5.32 Å².